The molecule has 4 nitrogen and oxygen atoms in total. The summed E-state index contributed by atoms with van der Waals surface area (Å²) in [4.78, 5) is 25.3. The van der Waals surface area contributed by atoms with Gasteiger partial charge in [-0.05, 0) is 25.0 Å². The van der Waals surface area contributed by atoms with E-state index in [1.165, 1.54) is 0 Å². The third kappa shape index (κ3) is 3.77. The number of rotatable bonds is 3. The molecule has 1 aromatic carbocycles. The van der Waals surface area contributed by atoms with Crippen molar-refractivity contribution in [3.8, 4) is 0 Å². The van der Waals surface area contributed by atoms with Gasteiger partial charge in [-0.2, -0.15) is 0 Å². The fourth-order valence-electron chi connectivity index (χ4n) is 2.43. The fourth-order valence-corrected chi connectivity index (χ4v) is 2.43. The van der Waals surface area contributed by atoms with Crippen LogP contribution in [0, 0.1) is 11.6 Å². The number of carbonyl (C=O) groups is 2. The first-order chi connectivity index (χ1) is 10.0. The van der Waals surface area contributed by atoms with Gasteiger partial charge < -0.3 is 10.2 Å². The summed E-state index contributed by atoms with van der Waals surface area (Å²) in [7, 11) is 0. The molecular weight excluding hydrogens is 278 g/mol. The van der Waals surface area contributed by atoms with Gasteiger partial charge in [-0.15, -0.1) is 0 Å². The largest absolute Gasteiger partial charge is 0.349 e. The lowest BCUT2D eigenvalue weighted by atomic mass is 10.0. The van der Waals surface area contributed by atoms with Crippen molar-refractivity contribution in [1.82, 2.24) is 10.2 Å². The Morgan fingerprint density at radius 1 is 1.29 bits per heavy atom. The zero-order valence-corrected chi connectivity index (χ0v) is 11.9. The molecule has 2 rings (SSSR count). The molecule has 0 spiro atoms. The van der Waals surface area contributed by atoms with Gasteiger partial charge in [0.05, 0.1) is 5.56 Å². The molecule has 1 N–H and O–H groups in total. The summed E-state index contributed by atoms with van der Waals surface area (Å²) >= 11 is 0. The number of likely N-dealkylation sites (tertiary alicyclic amines) is 1. The van der Waals surface area contributed by atoms with Crippen LogP contribution in [0.25, 0.3) is 0 Å². The molecule has 0 unspecified atom stereocenters. The first-order valence-electron chi connectivity index (χ1n) is 7.05. The van der Waals surface area contributed by atoms with Crippen molar-refractivity contribution in [3.05, 3.63) is 35.4 Å². The molecule has 0 saturated carbocycles. The molecule has 2 amide bonds. The Kier molecular flexibility index (Phi) is 4.88. The van der Waals surface area contributed by atoms with E-state index < -0.39 is 17.5 Å². The summed E-state index contributed by atoms with van der Waals surface area (Å²) in [5.74, 6) is -2.03. The smallest absolute Gasteiger partial charge is 0.254 e. The summed E-state index contributed by atoms with van der Waals surface area (Å²) in [5.41, 5.74) is -0.163. The molecule has 0 radical (unpaired) electrons. The quantitative estimate of drug-likeness (QED) is 0.928. The van der Waals surface area contributed by atoms with Gasteiger partial charge in [-0.1, -0.05) is 6.92 Å². The van der Waals surface area contributed by atoms with Crippen molar-refractivity contribution in [1.29, 1.82) is 0 Å². The van der Waals surface area contributed by atoms with Gasteiger partial charge >= 0.3 is 0 Å². The summed E-state index contributed by atoms with van der Waals surface area (Å²) in [6.07, 6.45) is 1.75. The van der Waals surface area contributed by atoms with Crippen LogP contribution in [0.4, 0.5) is 8.78 Å². The molecule has 1 fully saturated rings. The van der Waals surface area contributed by atoms with E-state index in [9.17, 15) is 18.4 Å². The Labute approximate surface area is 122 Å². The molecule has 0 aromatic heterocycles. The van der Waals surface area contributed by atoms with Crippen molar-refractivity contribution < 1.29 is 18.4 Å². The maximum atomic E-state index is 13.5. The van der Waals surface area contributed by atoms with E-state index in [-0.39, 0.29) is 17.5 Å². The highest BCUT2D eigenvalue weighted by Crippen LogP contribution is 2.14. The van der Waals surface area contributed by atoms with E-state index in [0.29, 0.717) is 38.4 Å². The highest BCUT2D eigenvalue weighted by atomic mass is 19.1. The van der Waals surface area contributed by atoms with Crippen LogP contribution in [0.5, 0.6) is 0 Å². The van der Waals surface area contributed by atoms with E-state index in [2.05, 4.69) is 5.32 Å². The minimum Gasteiger partial charge on any atom is -0.349 e. The lowest BCUT2D eigenvalue weighted by molar-refractivity contribution is -0.131. The summed E-state index contributed by atoms with van der Waals surface area (Å²) in [6.45, 7) is 2.99. The summed E-state index contributed by atoms with van der Waals surface area (Å²) in [5, 5.41) is 2.73. The molecule has 0 atom stereocenters. The van der Waals surface area contributed by atoms with Crippen LogP contribution in [-0.2, 0) is 4.79 Å². The third-order valence-electron chi connectivity index (χ3n) is 3.66. The van der Waals surface area contributed by atoms with Crippen LogP contribution in [0.2, 0.25) is 0 Å². The predicted octanol–water partition coefficient (Wildman–Crippen LogP) is 2.10. The number of benzene rings is 1. The first kappa shape index (κ1) is 15.4. The Hall–Kier alpha value is -1.98. The average molecular weight is 296 g/mol. The first-order valence-corrected chi connectivity index (χ1v) is 7.05. The number of hydrogen-bond donors (Lipinski definition) is 1. The molecule has 21 heavy (non-hydrogen) atoms. The lowest BCUT2D eigenvalue weighted by Crippen LogP contribution is -2.46. The van der Waals surface area contributed by atoms with Crippen molar-refractivity contribution in [3.63, 3.8) is 0 Å². The van der Waals surface area contributed by atoms with Crippen molar-refractivity contribution in [2.24, 2.45) is 0 Å². The monoisotopic (exact) mass is 296 g/mol. The molecule has 1 aromatic rings. The van der Waals surface area contributed by atoms with Crippen LogP contribution in [0.3, 0.4) is 0 Å². The molecule has 0 aliphatic carbocycles. The van der Waals surface area contributed by atoms with Gasteiger partial charge in [0.25, 0.3) is 5.91 Å². The lowest BCUT2D eigenvalue weighted by Gasteiger charge is -2.32. The Balaban J connectivity index is 1.91. The van der Waals surface area contributed by atoms with E-state index in [1.54, 1.807) is 4.90 Å². The second-order valence-corrected chi connectivity index (χ2v) is 5.11. The number of nitrogens with zero attached hydrogens (tertiary/aromatic N) is 1. The molecule has 6 heteroatoms. The normalized spacial score (nSPS) is 15.9. The van der Waals surface area contributed by atoms with Crippen LogP contribution in [-0.4, -0.2) is 35.8 Å². The molecule has 1 heterocycles. The minimum absolute atomic E-state index is 0.0946. The Morgan fingerprint density at radius 3 is 2.52 bits per heavy atom. The molecule has 114 valence electrons. The number of amides is 2. The van der Waals surface area contributed by atoms with Crippen molar-refractivity contribution >= 4 is 11.8 Å². The van der Waals surface area contributed by atoms with Crippen LogP contribution in [0.1, 0.15) is 36.5 Å². The SMILES string of the molecule is CCC(=O)N1CCC(NC(=O)c2ccc(F)cc2F)CC1. The second kappa shape index (κ2) is 6.65. The maximum Gasteiger partial charge on any atom is 0.254 e. The maximum absolute atomic E-state index is 13.5. The second-order valence-electron chi connectivity index (χ2n) is 5.11. The van der Waals surface area contributed by atoms with Crippen LogP contribution in [0.15, 0.2) is 18.2 Å². The summed E-state index contributed by atoms with van der Waals surface area (Å²) < 4.78 is 26.3. The molecule has 1 saturated heterocycles. The minimum atomic E-state index is -0.869. The topological polar surface area (TPSA) is 49.4 Å². The standard InChI is InChI=1S/C15H18F2N2O2/c1-2-14(20)19-7-5-11(6-8-19)18-15(21)12-4-3-10(16)9-13(12)17/h3-4,9,11H,2,5-8H2,1H3,(H,18,21). The Bertz CT molecular complexity index is 540. The predicted molar refractivity (Wildman–Crippen MR) is 73.7 cm³/mol. The fraction of sp³-hybridized carbons (Fsp3) is 0.467. The van der Waals surface area contributed by atoms with Gasteiger partial charge in [-0.25, -0.2) is 8.78 Å². The zero-order chi connectivity index (χ0) is 15.4. The van der Waals surface area contributed by atoms with E-state index in [1.807, 2.05) is 6.92 Å². The van der Waals surface area contributed by atoms with Crippen molar-refractivity contribution in [2.75, 3.05) is 13.1 Å². The molecule has 0 bridgehead atoms. The van der Waals surface area contributed by atoms with Gasteiger partial charge in [0.2, 0.25) is 5.91 Å². The van der Waals surface area contributed by atoms with Gasteiger partial charge in [0.1, 0.15) is 11.6 Å². The zero-order valence-electron chi connectivity index (χ0n) is 11.9. The third-order valence-corrected chi connectivity index (χ3v) is 3.66. The van der Waals surface area contributed by atoms with E-state index in [0.717, 1.165) is 12.1 Å². The van der Waals surface area contributed by atoms with E-state index >= 15 is 0 Å². The molecular formula is C15H18F2N2O2. The number of piperidine rings is 1. The number of hydrogen-bond acceptors (Lipinski definition) is 2. The molecule has 1 aliphatic heterocycles. The van der Waals surface area contributed by atoms with Gasteiger partial charge in [0.15, 0.2) is 0 Å². The molecule has 1 aliphatic rings. The number of halogens is 2. The van der Waals surface area contributed by atoms with Crippen molar-refractivity contribution in [2.45, 2.75) is 32.2 Å². The van der Waals surface area contributed by atoms with Gasteiger partial charge in [0, 0.05) is 31.6 Å². The Morgan fingerprint density at radius 2 is 1.95 bits per heavy atom. The highest BCUT2D eigenvalue weighted by molar-refractivity contribution is 5.94. The average Bonchev–Trinajstić information content (AvgIpc) is 2.47. The van der Waals surface area contributed by atoms with E-state index in [4.69, 9.17) is 0 Å². The van der Waals surface area contributed by atoms with Crippen LogP contribution >= 0.6 is 0 Å². The number of nitrogens with one attached hydrogen (secondary N) is 1. The van der Waals surface area contributed by atoms with Crippen LogP contribution < -0.4 is 5.32 Å². The summed E-state index contributed by atoms with van der Waals surface area (Å²) in [6, 6.07) is 2.79. The van der Waals surface area contributed by atoms with Gasteiger partial charge in [-0.3, -0.25) is 9.59 Å². The number of carbonyl (C=O) groups excluding carboxylic acids is 2. The highest BCUT2D eigenvalue weighted by Gasteiger charge is 2.24.